The molecule has 2 heterocycles. The zero-order valence-corrected chi connectivity index (χ0v) is 35.5. The smallest absolute Gasteiger partial charge is 0.314 e. The molecule has 1 fully saturated rings. The van der Waals surface area contributed by atoms with E-state index in [0.29, 0.717) is 130 Å². The van der Waals surface area contributed by atoms with E-state index in [1.165, 1.54) is 19.1 Å². The van der Waals surface area contributed by atoms with Gasteiger partial charge in [-0.2, -0.15) is 0 Å². The van der Waals surface area contributed by atoms with Gasteiger partial charge in [0.25, 0.3) is 17.7 Å². The van der Waals surface area contributed by atoms with Crippen LogP contribution in [-0.4, -0.2) is 194 Å². The summed E-state index contributed by atoms with van der Waals surface area (Å²) in [6.07, 6.45) is 1.37. The Balaban J connectivity index is 0.988. The number of benzene rings is 1. The molecule has 21 nitrogen and oxygen atoms in total. The molecule has 0 aromatic heterocycles. The van der Waals surface area contributed by atoms with E-state index in [0.717, 1.165) is 24.2 Å². The van der Waals surface area contributed by atoms with Crippen molar-refractivity contribution in [1.29, 1.82) is 0 Å². The molecule has 0 saturated carbocycles. The number of urea groups is 1. The second-order valence-corrected chi connectivity index (χ2v) is 14.1. The number of hydrogen-bond donors (Lipinski definition) is 7. The predicted molar refractivity (Wildman–Crippen MR) is 221 cm³/mol. The van der Waals surface area contributed by atoms with Crippen LogP contribution >= 0.6 is 0 Å². The van der Waals surface area contributed by atoms with Crippen LogP contribution in [-0.2, 0) is 52.3 Å². The first-order valence-corrected chi connectivity index (χ1v) is 21.0. The maximum Gasteiger partial charge on any atom is 0.314 e. The molecule has 0 spiro atoms. The van der Waals surface area contributed by atoms with Crippen molar-refractivity contribution in [2.24, 2.45) is 0 Å². The largest absolute Gasteiger partial charge is 0.394 e. The lowest BCUT2D eigenvalue weighted by atomic mass is 9.90. The van der Waals surface area contributed by atoms with Crippen molar-refractivity contribution in [3.05, 3.63) is 42.0 Å². The van der Waals surface area contributed by atoms with E-state index in [4.69, 9.17) is 37.9 Å². The molecule has 5 atom stereocenters. The molecule has 1 aromatic rings. The average molecular weight is 884 g/mol. The molecule has 62 heavy (non-hydrogen) atoms. The molecule has 7 N–H and O–H groups in total. The zero-order valence-electron chi connectivity index (χ0n) is 35.5. The highest BCUT2D eigenvalue weighted by Gasteiger charge is 2.44. The summed E-state index contributed by atoms with van der Waals surface area (Å²) in [6, 6.07) is 5.11. The third-order valence-corrected chi connectivity index (χ3v) is 9.33. The number of anilines is 1. The number of carbonyl (C=O) groups is 5. The first kappa shape index (κ1) is 52.2. The number of aliphatic hydroxyl groups is 3. The highest BCUT2D eigenvalue weighted by atomic mass is 16.6. The van der Waals surface area contributed by atoms with Crippen molar-refractivity contribution in [1.82, 2.24) is 21.3 Å². The molecule has 1 saturated heterocycles. The molecule has 3 rings (SSSR count). The topological polar surface area (TPSA) is 271 Å². The highest BCUT2D eigenvalue weighted by Crippen LogP contribution is 2.25. The number of nitrogens with one attached hydrogen (secondary N) is 4. The van der Waals surface area contributed by atoms with Gasteiger partial charge in [0.05, 0.1) is 110 Å². The van der Waals surface area contributed by atoms with Gasteiger partial charge in [-0.25, -0.2) is 9.69 Å². The monoisotopic (exact) mass is 883 g/mol. The molecule has 0 aliphatic carbocycles. The van der Waals surface area contributed by atoms with Gasteiger partial charge in [-0.3, -0.25) is 19.2 Å². The highest BCUT2D eigenvalue weighted by molar-refractivity contribution is 6.28. The summed E-state index contributed by atoms with van der Waals surface area (Å²) in [6.45, 7) is 7.31. The standard InChI is InChI=1S/C41H65N5O16/c1-30(48)45-37-33(62-34(29-47)38(51)39(37)52)5-3-2-4-15-55-19-20-57-17-13-43-41(54)44-14-18-58-22-24-60-26-28-61-27-25-59-23-21-56-16-12-42-40(53)31-6-8-32(9-7-31)46-35(49)10-11-36(46)50/h6-11,33-34,37-39,47,51-52H,2-5,12-29H2,1H3,(H,42,53)(H,45,48)(H2,43,44,54)/t33-,34-,37+,38+,39-/m1/s1. The third kappa shape index (κ3) is 20.8. The average Bonchev–Trinajstić information content (AvgIpc) is 3.60. The van der Waals surface area contributed by atoms with Gasteiger partial charge in [0.1, 0.15) is 18.3 Å². The summed E-state index contributed by atoms with van der Waals surface area (Å²) in [5, 5.41) is 40.7. The number of imide groups is 1. The summed E-state index contributed by atoms with van der Waals surface area (Å²) in [5.74, 6) is -1.47. The van der Waals surface area contributed by atoms with Crippen LogP contribution in [0.25, 0.3) is 0 Å². The fourth-order valence-electron chi connectivity index (χ4n) is 6.18. The third-order valence-electron chi connectivity index (χ3n) is 9.33. The molecule has 0 bridgehead atoms. The van der Waals surface area contributed by atoms with Crippen LogP contribution in [0.4, 0.5) is 10.5 Å². The zero-order chi connectivity index (χ0) is 44.8. The summed E-state index contributed by atoms with van der Waals surface area (Å²) in [4.78, 5) is 60.4. The van der Waals surface area contributed by atoms with Crippen LogP contribution in [0.2, 0.25) is 0 Å². The van der Waals surface area contributed by atoms with Crippen LogP contribution in [0.3, 0.4) is 0 Å². The van der Waals surface area contributed by atoms with E-state index in [2.05, 4.69) is 21.3 Å². The van der Waals surface area contributed by atoms with Crippen molar-refractivity contribution in [2.75, 3.05) is 124 Å². The Bertz CT molecular complexity index is 1470. The Labute approximate surface area is 362 Å². The van der Waals surface area contributed by atoms with Crippen molar-refractivity contribution in [3.63, 3.8) is 0 Å². The predicted octanol–water partition coefficient (Wildman–Crippen LogP) is -1.19. The number of hydrogen-bond acceptors (Lipinski definition) is 16. The first-order valence-electron chi connectivity index (χ1n) is 21.0. The number of aliphatic hydroxyl groups excluding tert-OH is 3. The normalized spacial score (nSPS) is 19.8. The Hall–Kier alpha value is -4.13. The fourth-order valence-corrected chi connectivity index (χ4v) is 6.18. The SMILES string of the molecule is CC(=O)N[C@@H]1[C@@H](O)[C@@H](O)[C@@H](CO)O[C@@H]1CCCCCOCCOCCNC(=O)NCCOCCOCCOCCOCCOCCNC(=O)c1ccc(N2C(=O)C=CC2=O)cc1. The van der Waals surface area contributed by atoms with Gasteiger partial charge in [0.15, 0.2) is 0 Å². The summed E-state index contributed by atoms with van der Waals surface area (Å²) in [5.41, 5.74) is 0.795. The second kappa shape index (κ2) is 31.7. The number of amides is 6. The quantitative estimate of drug-likeness (QED) is 0.0317. The van der Waals surface area contributed by atoms with Crippen LogP contribution in [0.5, 0.6) is 0 Å². The van der Waals surface area contributed by atoms with Crippen LogP contribution in [0.15, 0.2) is 36.4 Å². The fraction of sp³-hybridized carbons (Fsp3) is 0.683. The van der Waals surface area contributed by atoms with Crippen LogP contribution in [0.1, 0.15) is 43.0 Å². The summed E-state index contributed by atoms with van der Waals surface area (Å²) in [7, 11) is 0. The maximum atomic E-state index is 12.3. The van der Waals surface area contributed by atoms with E-state index in [9.17, 15) is 39.3 Å². The van der Waals surface area contributed by atoms with Crippen LogP contribution < -0.4 is 26.2 Å². The molecule has 350 valence electrons. The Morgan fingerprint density at radius 1 is 0.613 bits per heavy atom. The van der Waals surface area contributed by atoms with Gasteiger partial charge in [0.2, 0.25) is 5.91 Å². The molecule has 6 amide bonds. The molecule has 2 aliphatic rings. The molecule has 0 radical (unpaired) electrons. The van der Waals surface area contributed by atoms with Gasteiger partial charge >= 0.3 is 6.03 Å². The minimum absolute atomic E-state index is 0.297. The van der Waals surface area contributed by atoms with Gasteiger partial charge < -0.3 is 74.5 Å². The lowest BCUT2D eigenvalue weighted by Gasteiger charge is -2.42. The number of ether oxygens (including phenoxy) is 8. The van der Waals surface area contributed by atoms with Gasteiger partial charge in [-0.05, 0) is 37.1 Å². The lowest BCUT2D eigenvalue weighted by molar-refractivity contribution is -0.196. The number of carbonyl (C=O) groups excluding carboxylic acids is 5. The minimum Gasteiger partial charge on any atom is -0.394 e. The maximum absolute atomic E-state index is 12.3. The molecular formula is C41H65N5O16. The van der Waals surface area contributed by atoms with Gasteiger partial charge in [-0.1, -0.05) is 12.8 Å². The van der Waals surface area contributed by atoms with Crippen molar-refractivity contribution in [3.8, 4) is 0 Å². The number of rotatable bonds is 34. The summed E-state index contributed by atoms with van der Waals surface area (Å²) < 4.78 is 44.1. The van der Waals surface area contributed by atoms with E-state index in [1.54, 1.807) is 24.3 Å². The number of unbranched alkanes of at least 4 members (excludes halogenated alkanes) is 2. The minimum atomic E-state index is -1.28. The Morgan fingerprint density at radius 3 is 1.56 bits per heavy atom. The van der Waals surface area contributed by atoms with Gasteiger partial charge in [0, 0.05) is 50.9 Å². The number of nitrogens with zero attached hydrogens (tertiary/aromatic N) is 1. The van der Waals surface area contributed by atoms with E-state index in [-0.39, 0.29) is 17.8 Å². The van der Waals surface area contributed by atoms with Crippen molar-refractivity contribution < 1.29 is 77.2 Å². The summed E-state index contributed by atoms with van der Waals surface area (Å²) >= 11 is 0. The van der Waals surface area contributed by atoms with Crippen molar-refractivity contribution in [2.45, 2.75) is 63.1 Å². The molecular weight excluding hydrogens is 818 g/mol. The lowest BCUT2D eigenvalue weighted by Crippen LogP contribution is -2.63. The first-order chi connectivity index (χ1) is 30.1. The molecule has 1 aromatic carbocycles. The van der Waals surface area contributed by atoms with Crippen molar-refractivity contribution >= 4 is 35.3 Å². The molecule has 0 unspecified atom stereocenters. The van der Waals surface area contributed by atoms with Crippen LogP contribution in [0, 0.1) is 0 Å². The molecule has 2 aliphatic heterocycles. The molecule has 21 heteroatoms. The van der Waals surface area contributed by atoms with E-state index >= 15 is 0 Å². The Morgan fingerprint density at radius 2 is 1.08 bits per heavy atom. The Kier molecular flexibility index (Phi) is 26.7. The second-order valence-electron chi connectivity index (χ2n) is 14.1. The van der Waals surface area contributed by atoms with Gasteiger partial charge in [-0.15, -0.1) is 0 Å². The van der Waals surface area contributed by atoms with E-state index in [1.807, 2.05) is 0 Å². The van der Waals surface area contributed by atoms with E-state index < -0.39 is 48.9 Å².